The molecule has 0 saturated heterocycles. The van der Waals surface area contributed by atoms with Gasteiger partial charge in [0.05, 0.1) is 17.6 Å². The molecule has 3 rings (SSSR count). The van der Waals surface area contributed by atoms with E-state index in [9.17, 15) is 0 Å². The summed E-state index contributed by atoms with van der Waals surface area (Å²) in [5.74, 6) is 0. The maximum absolute atomic E-state index is 4.77. The fourth-order valence-electron chi connectivity index (χ4n) is 2.38. The lowest BCUT2D eigenvalue weighted by atomic mass is 10.2. The van der Waals surface area contributed by atoms with Crippen molar-refractivity contribution in [2.45, 2.75) is 13.1 Å². The normalized spacial score (nSPS) is 11.2. The molecule has 0 aliphatic rings. The maximum Gasteiger partial charge on any atom is 0.0809 e. The van der Waals surface area contributed by atoms with Gasteiger partial charge < -0.3 is 5.32 Å². The van der Waals surface area contributed by atoms with E-state index in [0.717, 1.165) is 17.6 Å². The highest BCUT2D eigenvalue weighted by Gasteiger charge is 1.96. The number of nitrogens with one attached hydrogen (secondary N) is 1. The molecule has 0 bridgehead atoms. The molecule has 2 heteroatoms. The molecule has 0 aromatic heterocycles. The van der Waals surface area contributed by atoms with Gasteiger partial charge in [0.2, 0.25) is 0 Å². The molecule has 0 aliphatic carbocycles. The number of hydrogen-bond donors (Lipinski definition) is 1. The van der Waals surface area contributed by atoms with Crippen LogP contribution in [0.15, 0.2) is 96.0 Å². The summed E-state index contributed by atoms with van der Waals surface area (Å²) in [4.78, 5) is 4.77. The zero-order valence-corrected chi connectivity index (χ0v) is 13.0. The monoisotopic (exact) mass is 300 g/mol. The third kappa shape index (κ3) is 4.55. The van der Waals surface area contributed by atoms with E-state index in [1.807, 2.05) is 42.5 Å². The van der Waals surface area contributed by atoms with Crippen LogP contribution < -0.4 is 10.7 Å². The summed E-state index contributed by atoms with van der Waals surface area (Å²) >= 11 is 0. The molecular formula is C21H20N2. The molecule has 0 atom stereocenters. The Morgan fingerprint density at radius 1 is 0.609 bits per heavy atom. The van der Waals surface area contributed by atoms with Gasteiger partial charge in [-0.15, -0.1) is 0 Å². The van der Waals surface area contributed by atoms with E-state index in [1.165, 1.54) is 11.1 Å². The lowest BCUT2D eigenvalue weighted by Crippen LogP contribution is -2.10. The number of nitrogens with zero attached hydrogens (tertiary/aromatic N) is 1. The number of rotatable bonds is 5. The van der Waals surface area contributed by atoms with Gasteiger partial charge in [-0.3, -0.25) is 4.99 Å². The van der Waals surface area contributed by atoms with Crippen molar-refractivity contribution in [2.24, 2.45) is 4.99 Å². The molecule has 3 aromatic rings. The van der Waals surface area contributed by atoms with E-state index in [4.69, 9.17) is 4.99 Å². The summed E-state index contributed by atoms with van der Waals surface area (Å²) in [5.41, 5.74) is 3.52. The first-order chi connectivity index (χ1) is 11.4. The fourth-order valence-corrected chi connectivity index (χ4v) is 2.38. The predicted octanol–water partition coefficient (Wildman–Crippen LogP) is 4.40. The van der Waals surface area contributed by atoms with E-state index < -0.39 is 0 Å². The molecule has 0 heterocycles. The van der Waals surface area contributed by atoms with Crippen LogP contribution in [0.4, 0.5) is 5.69 Å². The SMILES string of the molecule is c1ccc(CN=c2cccccc2NCc2ccccc2)cc1. The van der Waals surface area contributed by atoms with Crippen LogP contribution in [0.1, 0.15) is 11.1 Å². The van der Waals surface area contributed by atoms with Crippen molar-refractivity contribution in [3.05, 3.63) is 107 Å². The lowest BCUT2D eigenvalue weighted by Gasteiger charge is -2.05. The van der Waals surface area contributed by atoms with E-state index in [-0.39, 0.29) is 0 Å². The first kappa shape index (κ1) is 15.0. The Bertz CT molecular complexity index is 796. The summed E-state index contributed by atoms with van der Waals surface area (Å²) in [6, 6.07) is 30.9. The van der Waals surface area contributed by atoms with Crippen molar-refractivity contribution >= 4 is 5.69 Å². The van der Waals surface area contributed by atoms with Gasteiger partial charge in [-0.2, -0.15) is 0 Å². The fraction of sp³-hybridized carbons (Fsp3) is 0.0952. The van der Waals surface area contributed by atoms with Gasteiger partial charge in [0.1, 0.15) is 0 Å². The molecule has 1 N–H and O–H groups in total. The Morgan fingerprint density at radius 2 is 1.17 bits per heavy atom. The Balaban J connectivity index is 1.81. The van der Waals surface area contributed by atoms with E-state index in [1.54, 1.807) is 0 Å². The molecule has 114 valence electrons. The summed E-state index contributed by atoms with van der Waals surface area (Å²) < 4.78 is 0. The average molecular weight is 300 g/mol. The molecule has 0 fully saturated rings. The molecule has 0 radical (unpaired) electrons. The zero-order chi connectivity index (χ0) is 15.7. The third-order valence-electron chi connectivity index (χ3n) is 3.62. The van der Waals surface area contributed by atoms with Gasteiger partial charge in [-0.1, -0.05) is 78.9 Å². The standard InChI is InChI=1S/C21H20N2/c1-4-10-18(11-5-1)16-22-20-14-8-3-9-15-21(20)23-17-19-12-6-2-7-13-19/h1-15H,16-17H2,(H,22,23). The second-order valence-corrected chi connectivity index (χ2v) is 5.35. The van der Waals surface area contributed by atoms with E-state index >= 15 is 0 Å². The zero-order valence-electron chi connectivity index (χ0n) is 13.0. The van der Waals surface area contributed by atoms with Crippen LogP contribution in [0, 0.1) is 0 Å². The van der Waals surface area contributed by atoms with Crippen LogP contribution in [0.2, 0.25) is 0 Å². The molecular weight excluding hydrogens is 280 g/mol. The van der Waals surface area contributed by atoms with Gasteiger partial charge >= 0.3 is 0 Å². The van der Waals surface area contributed by atoms with E-state index in [0.29, 0.717) is 6.54 Å². The van der Waals surface area contributed by atoms with Crippen molar-refractivity contribution in [3.8, 4) is 0 Å². The molecule has 0 amide bonds. The third-order valence-corrected chi connectivity index (χ3v) is 3.62. The average Bonchev–Trinajstić information content (AvgIpc) is 2.85. The van der Waals surface area contributed by atoms with Gasteiger partial charge in [0.25, 0.3) is 0 Å². The molecule has 0 aliphatic heterocycles. The van der Waals surface area contributed by atoms with Crippen molar-refractivity contribution in [2.75, 3.05) is 5.32 Å². The van der Waals surface area contributed by atoms with Crippen LogP contribution in [-0.4, -0.2) is 0 Å². The summed E-state index contributed by atoms with van der Waals surface area (Å²) in [6.45, 7) is 1.48. The second kappa shape index (κ2) is 7.95. The van der Waals surface area contributed by atoms with Crippen molar-refractivity contribution in [3.63, 3.8) is 0 Å². The summed E-state index contributed by atoms with van der Waals surface area (Å²) in [5, 5.41) is 4.47. The van der Waals surface area contributed by atoms with Crippen molar-refractivity contribution in [1.82, 2.24) is 0 Å². The highest BCUT2D eigenvalue weighted by molar-refractivity contribution is 5.42. The Hall–Kier alpha value is -2.87. The smallest absolute Gasteiger partial charge is 0.0809 e. The summed E-state index contributed by atoms with van der Waals surface area (Å²) in [7, 11) is 0. The van der Waals surface area contributed by atoms with Crippen LogP contribution >= 0.6 is 0 Å². The highest BCUT2D eigenvalue weighted by Crippen LogP contribution is 2.05. The van der Waals surface area contributed by atoms with Crippen LogP contribution in [0.3, 0.4) is 0 Å². The van der Waals surface area contributed by atoms with Gasteiger partial charge in [-0.05, 0) is 23.3 Å². The Morgan fingerprint density at radius 3 is 1.87 bits per heavy atom. The van der Waals surface area contributed by atoms with Crippen LogP contribution in [-0.2, 0) is 13.1 Å². The Labute approximate surface area is 137 Å². The largest absolute Gasteiger partial charge is 0.379 e. The Kier molecular flexibility index (Phi) is 5.20. The van der Waals surface area contributed by atoms with Gasteiger partial charge in [-0.25, -0.2) is 0 Å². The molecule has 0 saturated carbocycles. The first-order valence-corrected chi connectivity index (χ1v) is 7.83. The van der Waals surface area contributed by atoms with Crippen LogP contribution in [0.25, 0.3) is 0 Å². The number of hydrogen-bond acceptors (Lipinski definition) is 2. The number of benzene rings is 2. The van der Waals surface area contributed by atoms with Crippen LogP contribution in [0.5, 0.6) is 0 Å². The molecule has 2 nitrogen and oxygen atoms in total. The summed E-state index contributed by atoms with van der Waals surface area (Å²) in [6.07, 6.45) is 0. The first-order valence-electron chi connectivity index (χ1n) is 7.83. The minimum absolute atomic E-state index is 0.685. The predicted molar refractivity (Wildman–Crippen MR) is 95.9 cm³/mol. The highest BCUT2D eigenvalue weighted by atomic mass is 14.9. The lowest BCUT2D eigenvalue weighted by molar-refractivity contribution is 1.01. The molecule has 0 spiro atoms. The minimum atomic E-state index is 0.685. The molecule has 0 unspecified atom stereocenters. The quantitative estimate of drug-likeness (QED) is 0.742. The maximum atomic E-state index is 4.77. The number of anilines is 1. The van der Waals surface area contributed by atoms with E-state index in [2.05, 4.69) is 53.8 Å². The van der Waals surface area contributed by atoms with Gasteiger partial charge in [0, 0.05) is 6.54 Å². The second-order valence-electron chi connectivity index (χ2n) is 5.35. The van der Waals surface area contributed by atoms with Gasteiger partial charge in [0.15, 0.2) is 0 Å². The molecule has 3 aromatic carbocycles. The minimum Gasteiger partial charge on any atom is -0.379 e. The van der Waals surface area contributed by atoms with Crippen molar-refractivity contribution in [1.29, 1.82) is 0 Å². The van der Waals surface area contributed by atoms with Crippen molar-refractivity contribution < 1.29 is 0 Å². The topological polar surface area (TPSA) is 24.4 Å². The molecule has 23 heavy (non-hydrogen) atoms.